The number of amides is 1. The lowest BCUT2D eigenvalue weighted by Gasteiger charge is -2.25. The van der Waals surface area contributed by atoms with Gasteiger partial charge in [0, 0.05) is 24.5 Å². The Bertz CT molecular complexity index is 1110. The predicted molar refractivity (Wildman–Crippen MR) is 112 cm³/mol. The van der Waals surface area contributed by atoms with Crippen LogP contribution in [0.2, 0.25) is 0 Å². The molecule has 6 nitrogen and oxygen atoms in total. The van der Waals surface area contributed by atoms with Crippen LogP contribution in [-0.4, -0.2) is 33.8 Å². The van der Waals surface area contributed by atoms with Gasteiger partial charge >= 0.3 is 0 Å². The van der Waals surface area contributed by atoms with Gasteiger partial charge in [-0.25, -0.2) is 0 Å². The number of hydrogen-bond acceptors (Lipinski definition) is 5. The summed E-state index contributed by atoms with van der Waals surface area (Å²) in [5.74, 6) is -0.917. The van der Waals surface area contributed by atoms with E-state index in [1.165, 1.54) is 4.90 Å². The zero-order valence-electron chi connectivity index (χ0n) is 16.4. The summed E-state index contributed by atoms with van der Waals surface area (Å²) in [6, 6.07) is 18.8. The Labute approximate surface area is 174 Å². The number of pyridine rings is 1. The van der Waals surface area contributed by atoms with E-state index in [0.717, 1.165) is 5.56 Å². The molecule has 1 N–H and O–H groups in total. The standard InChI is InChI=1S/C24H20N2O4/c1-30-19-11-5-7-16(13-19)15-26-21(18-10-6-12-25-14-18)20(23(28)24(26)29)22(27)17-8-3-2-4-9-17/h2-14,21,27H,15H2,1H3/b22-20-. The van der Waals surface area contributed by atoms with Crippen LogP contribution in [-0.2, 0) is 16.1 Å². The molecule has 6 heteroatoms. The zero-order valence-corrected chi connectivity index (χ0v) is 16.4. The molecule has 3 aromatic rings. The minimum atomic E-state index is -0.745. The van der Waals surface area contributed by atoms with Crippen LogP contribution in [0.4, 0.5) is 0 Å². The first kappa shape index (κ1) is 19.4. The van der Waals surface area contributed by atoms with Crippen molar-refractivity contribution < 1.29 is 19.4 Å². The summed E-state index contributed by atoms with van der Waals surface area (Å²) in [6.45, 7) is 0.187. The molecule has 1 saturated heterocycles. The van der Waals surface area contributed by atoms with E-state index < -0.39 is 17.7 Å². The molecule has 4 rings (SSSR count). The van der Waals surface area contributed by atoms with E-state index in [9.17, 15) is 14.7 Å². The van der Waals surface area contributed by atoms with Gasteiger partial charge in [-0.2, -0.15) is 0 Å². The molecule has 1 aliphatic heterocycles. The van der Waals surface area contributed by atoms with Crippen molar-refractivity contribution in [2.24, 2.45) is 0 Å². The van der Waals surface area contributed by atoms with Crippen LogP contribution in [0, 0.1) is 0 Å². The second-order valence-electron chi connectivity index (χ2n) is 6.93. The molecule has 1 fully saturated rings. The number of aliphatic hydroxyl groups excluding tert-OH is 1. The summed E-state index contributed by atoms with van der Waals surface area (Å²) in [5.41, 5.74) is 2.00. The number of aromatic nitrogens is 1. The molecule has 0 spiro atoms. The van der Waals surface area contributed by atoms with Gasteiger partial charge in [-0.05, 0) is 29.3 Å². The van der Waals surface area contributed by atoms with Gasteiger partial charge in [0.15, 0.2) is 0 Å². The van der Waals surface area contributed by atoms with Crippen molar-refractivity contribution in [1.82, 2.24) is 9.88 Å². The van der Waals surface area contributed by atoms with Crippen molar-refractivity contribution in [3.05, 3.63) is 101 Å². The Morgan fingerprint density at radius 1 is 1.07 bits per heavy atom. The molecule has 2 aromatic carbocycles. The van der Waals surface area contributed by atoms with Crippen LogP contribution < -0.4 is 4.74 Å². The van der Waals surface area contributed by atoms with Gasteiger partial charge in [-0.15, -0.1) is 0 Å². The van der Waals surface area contributed by atoms with Gasteiger partial charge < -0.3 is 14.7 Å². The summed E-state index contributed by atoms with van der Waals surface area (Å²) in [5, 5.41) is 10.9. The van der Waals surface area contributed by atoms with Gasteiger partial charge in [-0.3, -0.25) is 14.6 Å². The average Bonchev–Trinajstić information content (AvgIpc) is 3.05. The number of likely N-dealkylation sites (tertiary alicyclic amines) is 1. The maximum absolute atomic E-state index is 13.0. The molecule has 1 aliphatic rings. The highest BCUT2D eigenvalue weighted by molar-refractivity contribution is 6.46. The lowest BCUT2D eigenvalue weighted by atomic mass is 9.96. The number of ketones is 1. The molecule has 1 aromatic heterocycles. The molecular formula is C24H20N2O4. The second-order valence-corrected chi connectivity index (χ2v) is 6.93. The number of carbonyl (C=O) groups is 2. The van der Waals surface area contributed by atoms with E-state index in [0.29, 0.717) is 16.9 Å². The van der Waals surface area contributed by atoms with E-state index in [4.69, 9.17) is 4.74 Å². The number of benzene rings is 2. The fourth-order valence-corrected chi connectivity index (χ4v) is 3.65. The Hall–Kier alpha value is -3.93. The first-order valence-electron chi connectivity index (χ1n) is 9.47. The number of rotatable bonds is 5. The third-order valence-corrected chi connectivity index (χ3v) is 5.07. The smallest absolute Gasteiger partial charge is 0.295 e. The molecule has 1 unspecified atom stereocenters. The first-order chi connectivity index (χ1) is 14.6. The summed E-state index contributed by atoms with van der Waals surface area (Å²) < 4.78 is 5.27. The molecular weight excluding hydrogens is 380 g/mol. The number of ether oxygens (including phenoxy) is 1. The fourth-order valence-electron chi connectivity index (χ4n) is 3.65. The molecule has 30 heavy (non-hydrogen) atoms. The van der Waals surface area contributed by atoms with Crippen LogP contribution in [0.15, 0.2) is 84.7 Å². The highest BCUT2D eigenvalue weighted by atomic mass is 16.5. The minimum Gasteiger partial charge on any atom is -0.507 e. The number of hydrogen-bond donors (Lipinski definition) is 1. The van der Waals surface area contributed by atoms with E-state index in [-0.39, 0.29) is 17.9 Å². The largest absolute Gasteiger partial charge is 0.507 e. The second kappa shape index (κ2) is 8.21. The highest BCUT2D eigenvalue weighted by Gasteiger charge is 2.46. The lowest BCUT2D eigenvalue weighted by molar-refractivity contribution is -0.140. The summed E-state index contributed by atoms with van der Waals surface area (Å²) >= 11 is 0. The molecule has 1 amide bonds. The Balaban J connectivity index is 1.83. The molecule has 2 heterocycles. The van der Waals surface area contributed by atoms with Crippen LogP contribution in [0.25, 0.3) is 5.76 Å². The van der Waals surface area contributed by atoms with Gasteiger partial charge in [0.05, 0.1) is 18.7 Å². The zero-order chi connectivity index (χ0) is 21.1. The van der Waals surface area contributed by atoms with Crippen LogP contribution in [0.3, 0.4) is 0 Å². The van der Waals surface area contributed by atoms with Crippen molar-refractivity contribution in [3.63, 3.8) is 0 Å². The monoisotopic (exact) mass is 400 g/mol. The predicted octanol–water partition coefficient (Wildman–Crippen LogP) is 3.71. The van der Waals surface area contributed by atoms with Crippen molar-refractivity contribution in [2.75, 3.05) is 7.11 Å². The van der Waals surface area contributed by atoms with Crippen molar-refractivity contribution in [3.8, 4) is 5.75 Å². The first-order valence-corrected chi connectivity index (χ1v) is 9.47. The van der Waals surface area contributed by atoms with Crippen LogP contribution in [0.1, 0.15) is 22.7 Å². The summed E-state index contributed by atoms with van der Waals surface area (Å²) in [6.07, 6.45) is 3.22. The summed E-state index contributed by atoms with van der Waals surface area (Å²) in [4.78, 5) is 31.5. The number of carbonyl (C=O) groups excluding carboxylic acids is 2. The Morgan fingerprint density at radius 2 is 1.87 bits per heavy atom. The fraction of sp³-hybridized carbons (Fsp3) is 0.125. The Morgan fingerprint density at radius 3 is 2.57 bits per heavy atom. The number of methoxy groups -OCH3 is 1. The third kappa shape index (κ3) is 3.55. The highest BCUT2D eigenvalue weighted by Crippen LogP contribution is 2.40. The SMILES string of the molecule is COc1cccc(CN2C(=O)C(=O)/C(=C(\O)c3ccccc3)C2c2cccnc2)c1. The maximum atomic E-state index is 13.0. The molecule has 150 valence electrons. The third-order valence-electron chi connectivity index (χ3n) is 5.07. The van der Waals surface area contributed by atoms with E-state index in [1.807, 2.05) is 30.3 Å². The topological polar surface area (TPSA) is 79.7 Å². The lowest BCUT2D eigenvalue weighted by Crippen LogP contribution is -2.29. The van der Waals surface area contributed by atoms with Gasteiger partial charge in [0.25, 0.3) is 11.7 Å². The van der Waals surface area contributed by atoms with Crippen molar-refractivity contribution >= 4 is 17.4 Å². The summed E-state index contributed by atoms with van der Waals surface area (Å²) in [7, 11) is 1.57. The normalized spacial score (nSPS) is 17.9. The van der Waals surface area contributed by atoms with Gasteiger partial charge in [0.2, 0.25) is 0 Å². The van der Waals surface area contributed by atoms with E-state index >= 15 is 0 Å². The molecule has 0 bridgehead atoms. The Kier molecular flexibility index (Phi) is 5.30. The number of nitrogens with zero attached hydrogens (tertiary/aromatic N) is 2. The molecule has 0 saturated carbocycles. The number of aliphatic hydroxyl groups is 1. The van der Waals surface area contributed by atoms with Crippen LogP contribution in [0.5, 0.6) is 5.75 Å². The maximum Gasteiger partial charge on any atom is 0.295 e. The van der Waals surface area contributed by atoms with E-state index in [2.05, 4.69) is 4.98 Å². The average molecular weight is 400 g/mol. The number of Topliss-reactive ketones (excluding diaryl/α,β-unsaturated/α-hetero) is 1. The minimum absolute atomic E-state index is 0.0575. The molecule has 0 aliphatic carbocycles. The van der Waals surface area contributed by atoms with Crippen LogP contribution >= 0.6 is 0 Å². The molecule has 0 radical (unpaired) electrons. The van der Waals surface area contributed by atoms with E-state index in [1.54, 1.807) is 55.9 Å². The van der Waals surface area contributed by atoms with Crippen molar-refractivity contribution in [2.45, 2.75) is 12.6 Å². The molecule has 1 atom stereocenters. The van der Waals surface area contributed by atoms with Crippen molar-refractivity contribution in [1.29, 1.82) is 0 Å². The quantitative estimate of drug-likeness (QED) is 0.401. The van der Waals surface area contributed by atoms with Gasteiger partial charge in [0.1, 0.15) is 11.5 Å². The van der Waals surface area contributed by atoms with Gasteiger partial charge in [-0.1, -0.05) is 48.5 Å².